The Labute approximate surface area is 92.2 Å². The average Bonchev–Trinajstić information content (AvgIpc) is 2.29. The summed E-state index contributed by atoms with van der Waals surface area (Å²) >= 11 is 1.48. The lowest BCUT2D eigenvalue weighted by atomic mass is 10.4. The summed E-state index contributed by atoms with van der Waals surface area (Å²) in [6.45, 7) is 0. The summed E-state index contributed by atoms with van der Waals surface area (Å²) in [5, 5.41) is 10.1. The van der Waals surface area contributed by atoms with E-state index < -0.39 is 0 Å². The van der Waals surface area contributed by atoms with Crippen molar-refractivity contribution in [2.45, 2.75) is 10.8 Å². The Kier molecular flexibility index (Phi) is 3.19. The van der Waals surface area contributed by atoms with E-state index in [9.17, 15) is 5.11 Å². The molecule has 0 aliphatic heterocycles. The molecule has 0 saturated carbocycles. The molecule has 3 nitrogen and oxygen atoms in total. The quantitative estimate of drug-likeness (QED) is 0.804. The smallest absolute Gasteiger partial charge is 0.147 e. The minimum atomic E-state index is 0.221. The average molecular weight is 218 g/mol. The molecule has 0 fully saturated rings. The zero-order valence-corrected chi connectivity index (χ0v) is 8.81. The van der Waals surface area contributed by atoms with Crippen molar-refractivity contribution in [2.24, 2.45) is 0 Å². The van der Waals surface area contributed by atoms with Crippen LogP contribution in [-0.4, -0.2) is 15.1 Å². The monoisotopic (exact) mass is 218 g/mol. The van der Waals surface area contributed by atoms with Crippen molar-refractivity contribution in [1.82, 2.24) is 9.97 Å². The Balaban J connectivity index is 2.03. The normalized spacial score (nSPS) is 10.1. The summed E-state index contributed by atoms with van der Waals surface area (Å²) < 4.78 is 0. The first-order valence-corrected chi connectivity index (χ1v) is 5.51. The molecule has 15 heavy (non-hydrogen) atoms. The minimum absolute atomic E-state index is 0.221. The Bertz CT molecular complexity index is 434. The molecule has 0 aliphatic carbocycles. The molecule has 0 aliphatic rings. The molecule has 76 valence electrons. The van der Waals surface area contributed by atoms with Gasteiger partial charge >= 0.3 is 0 Å². The van der Waals surface area contributed by atoms with E-state index >= 15 is 0 Å². The van der Waals surface area contributed by atoms with Gasteiger partial charge in [-0.25, -0.2) is 4.98 Å². The molecule has 4 heteroatoms. The number of aromatic nitrogens is 2. The molecule has 0 atom stereocenters. The number of nitrogens with zero attached hydrogens (tertiary/aromatic N) is 2. The molecule has 2 aromatic heterocycles. The molecule has 2 aromatic rings. The fourth-order valence-electron chi connectivity index (χ4n) is 1.12. The lowest BCUT2D eigenvalue weighted by molar-refractivity contribution is 0.457. The van der Waals surface area contributed by atoms with E-state index in [0.717, 1.165) is 5.69 Å². The van der Waals surface area contributed by atoms with E-state index in [-0.39, 0.29) is 5.75 Å². The van der Waals surface area contributed by atoms with Crippen molar-refractivity contribution < 1.29 is 5.11 Å². The Morgan fingerprint density at radius 1 is 1.07 bits per heavy atom. The van der Waals surface area contributed by atoms with Crippen molar-refractivity contribution in [3.8, 4) is 5.75 Å². The lowest BCUT2D eigenvalue weighted by Crippen LogP contribution is -1.86. The van der Waals surface area contributed by atoms with Gasteiger partial charge in [-0.1, -0.05) is 17.8 Å². The predicted molar refractivity (Wildman–Crippen MR) is 59.7 cm³/mol. The third kappa shape index (κ3) is 2.70. The lowest BCUT2D eigenvalue weighted by Gasteiger charge is -2.01. The highest BCUT2D eigenvalue weighted by Crippen LogP contribution is 2.27. The Hall–Kier alpha value is -1.55. The first-order chi connectivity index (χ1) is 7.36. The molecule has 0 amide bonds. The highest BCUT2D eigenvalue weighted by Gasteiger charge is 2.02. The summed E-state index contributed by atoms with van der Waals surface area (Å²) in [5.74, 6) is 0.934. The van der Waals surface area contributed by atoms with E-state index in [2.05, 4.69) is 9.97 Å². The van der Waals surface area contributed by atoms with Gasteiger partial charge in [0.15, 0.2) is 0 Å². The number of thioether (sulfide) groups is 1. The first-order valence-electron chi connectivity index (χ1n) is 4.53. The molecular formula is C11H10N2OS. The summed E-state index contributed by atoms with van der Waals surface area (Å²) in [6, 6.07) is 9.12. The van der Waals surface area contributed by atoms with Gasteiger partial charge in [-0.05, 0) is 24.3 Å². The third-order valence-corrected chi connectivity index (χ3v) is 2.86. The zero-order chi connectivity index (χ0) is 10.5. The van der Waals surface area contributed by atoms with Gasteiger partial charge in [0.25, 0.3) is 0 Å². The van der Waals surface area contributed by atoms with Gasteiger partial charge in [0.2, 0.25) is 0 Å². The van der Waals surface area contributed by atoms with Crippen LogP contribution in [0.1, 0.15) is 5.69 Å². The third-order valence-electron chi connectivity index (χ3n) is 1.83. The van der Waals surface area contributed by atoms with E-state index in [0.29, 0.717) is 10.8 Å². The van der Waals surface area contributed by atoms with Crippen LogP contribution in [0, 0.1) is 0 Å². The number of aromatic hydroxyl groups is 1. The van der Waals surface area contributed by atoms with Crippen molar-refractivity contribution >= 4 is 11.8 Å². The van der Waals surface area contributed by atoms with Crippen LogP contribution in [0.5, 0.6) is 5.75 Å². The predicted octanol–water partition coefficient (Wildman–Crippen LogP) is 2.47. The van der Waals surface area contributed by atoms with Crippen molar-refractivity contribution in [3.05, 3.63) is 48.4 Å². The minimum Gasteiger partial charge on any atom is -0.505 e. The summed E-state index contributed by atoms with van der Waals surface area (Å²) in [6.07, 6.45) is 3.43. The molecule has 0 saturated heterocycles. The van der Waals surface area contributed by atoms with Crippen LogP contribution in [0.2, 0.25) is 0 Å². The summed E-state index contributed by atoms with van der Waals surface area (Å²) in [7, 11) is 0. The van der Waals surface area contributed by atoms with E-state index in [1.807, 2.05) is 18.2 Å². The van der Waals surface area contributed by atoms with Crippen LogP contribution in [0.3, 0.4) is 0 Å². The first kappa shape index (κ1) is 9.98. The number of pyridine rings is 2. The fourth-order valence-corrected chi connectivity index (χ4v) is 1.93. The second kappa shape index (κ2) is 4.79. The van der Waals surface area contributed by atoms with Gasteiger partial charge < -0.3 is 5.11 Å². The van der Waals surface area contributed by atoms with Gasteiger partial charge in [0, 0.05) is 18.1 Å². The molecule has 0 radical (unpaired) electrons. The van der Waals surface area contributed by atoms with Gasteiger partial charge in [-0.15, -0.1) is 0 Å². The SMILES string of the molecule is Oc1cccnc1SCc1ccccn1. The van der Waals surface area contributed by atoms with Gasteiger partial charge in [-0.3, -0.25) is 4.98 Å². The maximum atomic E-state index is 9.48. The highest BCUT2D eigenvalue weighted by atomic mass is 32.2. The summed E-state index contributed by atoms with van der Waals surface area (Å²) in [4.78, 5) is 8.27. The molecule has 0 bridgehead atoms. The topological polar surface area (TPSA) is 46.0 Å². The van der Waals surface area contributed by atoms with Crippen LogP contribution in [-0.2, 0) is 5.75 Å². The molecule has 1 N–H and O–H groups in total. The highest BCUT2D eigenvalue weighted by molar-refractivity contribution is 7.98. The van der Waals surface area contributed by atoms with E-state index in [1.54, 1.807) is 24.5 Å². The Morgan fingerprint density at radius 2 is 1.93 bits per heavy atom. The van der Waals surface area contributed by atoms with Crippen molar-refractivity contribution in [1.29, 1.82) is 0 Å². The molecule has 0 aromatic carbocycles. The molecule has 2 heterocycles. The van der Waals surface area contributed by atoms with Gasteiger partial charge in [-0.2, -0.15) is 0 Å². The largest absolute Gasteiger partial charge is 0.505 e. The van der Waals surface area contributed by atoms with Crippen LogP contribution < -0.4 is 0 Å². The standard InChI is InChI=1S/C11H10N2OS/c14-10-5-3-7-13-11(10)15-8-9-4-1-2-6-12-9/h1-7,14H,8H2. The zero-order valence-electron chi connectivity index (χ0n) is 8.00. The van der Waals surface area contributed by atoms with Crippen LogP contribution in [0.15, 0.2) is 47.8 Å². The van der Waals surface area contributed by atoms with Gasteiger partial charge in [0.1, 0.15) is 10.8 Å². The maximum Gasteiger partial charge on any atom is 0.147 e. The number of rotatable bonds is 3. The van der Waals surface area contributed by atoms with E-state index in [4.69, 9.17) is 0 Å². The molecule has 0 spiro atoms. The fraction of sp³-hybridized carbons (Fsp3) is 0.0909. The Morgan fingerprint density at radius 3 is 2.67 bits per heavy atom. The second-order valence-corrected chi connectivity index (χ2v) is 3.90. The number of hydrogen-bond donors (Lipinski definition) is 1. The van der Waals surface area contributed by atoms with Crippen LogP contribution in [0.4, 0.5) is 0 Å². The molecular weight excluding hydrogens is 208 g/mol. The molecule has 0 unspecified atom stereocenters. The van der Waals surface area contributed by atoms with Crippen LogP contribution >= 0.6 is 11.8 Å². The maximum absolute atomic E-state index is 9.48. The van der Waals surface area contributed by atoms with Crippen molar-refractivity contribution in [2.75, 3.05) is 0 Å². The summed E-state index contributed by atoms with van der Waals surface area (Å²) in [5.41, 5.74) is 0.979. The van der Waals surface area contributed by atoms with Gasteiger partial charge in [0.05, 0.1) is 5.69 Å². The van der Waals surface area contributed by atoms with Crippen molar-refractivity contribution in [3.63, 3.8) is 0 Å². The second-order valence-electron chi connectivity index (χ2n) is 2.94. The number of hydrogen-bond acceptors (Lipinski definition) is 4. The molecule has 2 rings (SSSR count). The van der Waals surface area contributed by atoms with E-state index in [1.165, 1.54) is 11.8 Å². The van der Waals surface area contributed by atoms with Crippen LogP contribution in [0.25, 0.3) is 0 Å².